The average Bonchev–Trinajstić information content (AvgIpc) is 3.51. The predicted molar refractivity (Wildman–Crippen MR) is 203 cm³/mol. The number of nitrogens with one attached hydrogen (secondary N) is 2. The lowest BCUT2D eigenvalue weighted by Gasteiger charge is -2.23. The van der Waals surface area contributed by atoms with Crippen molar-refractivity contribution in [2.45, 2.75) is 63.4 Å². The normalized spacial score (nSPS) is 21.4. The van der Waals surface area contributed by atoms with Crippen molar-refractivity contribution in [3.05, 3.63) is 111 Å². The number of amides is 1. The molecule has 2 aliphatic carbocycles. The van der Waals surface area contributed by atoms with E-state index in [-0.39, 0.29) is 23.2 Å². The fourth-order valence-electron chi connectivity index (χ4n) is 7.51. The topological polar surface area (TPSA) is 178 Å². The summed E-state index contributed by atoms with van der Waals surface area (Å²) in [7, 11) is 1.54. The van der Waals surface area contributed by atoms with E-state index in [1.54, 1.807) is 26.3 Å². The van der Waals surface area contributed by atoms with Crippen LogP contribution in [0, 0.1) is 23.2 Å². The average molecular weight is 765 g/mol. The number of imidazole rings is 1. The van der Waals surface area contributed by atoms with Crippen LogP contribution in [-0.2, 0) is 24.3 Å². The molecule has 0 radical (unpaired) electrons. The summed E-state index contributed by atoms with van der Waals surface area (Å²) in [6.45, 7) is 1.00. The van der Waals surface area contributed by atoms with E-state index in [0.717, 1.165) is 41.8 Å². The van der Waals surface area contributed by atoms with Gasteiger partial charge in [0.25, 0.3) is 5.56 Å². The van der Waals surface area contributed by atoms with Crippen molar-refractivity contribution >= 4 is 46.0 Å². The summed E-state index contributed by atoms with van der Waals surface area (Å²) in [4.78, 5) is 38.8. The van der Waals surface area contributed by atoms with Gasteiger partial charge in [0.05, 0.1) is 41.8 Å². The Bertz CT molecular complexity index is 2450. The van der Waals surface area contributed by atoms with E-state index in [9.17, 15) is 19.8 Å². The van der Waals surface area contributed by atoms with Gasteiger partial charge in [-0.25, -0.2) is 23.6 Å². The number of unbranched alkanes of at least 4 members (excludes halogenated alkanes) is 2. The van der Waals surface area contributed by atoms with Crippen molar-refractivity contribution in [2.24, 2.45) is 11.3 Å². The molecular formula is C38H37ClN10O4S. The zero-order valence-electron chi connectivity index (χ0n) is 29.3. The van der Waals surface area contributed by atoms with Crippen molar-refractivity contribution in [1.82, 2.24) is 43.8 Å². The number of aryl methyl sites for hydroxylation is 1. The number of carbonyl (C=O) groups excluding carboxylic acids is 1. The quantitative estimate of drug-likeness (QED) is 0.106. The highest BCUT2D eigenvalue weighted by atomic mass is 35.5. The second-order valence-corrected chi connectivity index (χ2v) is 15.0. The Hall–Kier alpha value is -5.40. The van der Waals surface area contributed by atoms with E-state index in [0.29, 0.717) is 47.9 Å². The molecule has 2 aliphatic rings. The van der Waals surface area contributed by atoms with Gasteiger partial charge in [0.15, 0.2) is 17.0 Å². The predicted octanol–water partition coefficient (Wildman–Crippen LogP) is 3.74. The van der Waals surface area contributed by atoms with Gasteiger partial charge in [-0.15, -0.1) is 5.10 Å². The highest BCUT2D eigenvalue weighted by Crippen LogP contribution is 2.67. The first kappa shape index (κ1) is 35.6. The molecule has 6 aromatic rings. The van der Waals surface area contributed by atoms with Gasteiger partial charge in [-0.1, -0.05) is 58.5 Å². The van der Waals surface area contributed by atoms with Crippen LogP contribution in [0.1, 0.15) is 54.4 Å². The third-order valence-corrected chi connectivity index (χ3v) is 11.4. The maximum Gasteiger partial charge on any atom is 0.265 e. The Morgan fingerprint density at radius 1 is 1.11 bits per heavy atom. The molecule has 276 valence electrons. The molecule has 4 aromatic heterocycles. The first-order valence-electron chi connectivity index (χ1n) is 17.7. The van der Waals surface area contributed by atoms with Crippen LogP contribution in [0.3, 0.4) is 0 Å². The lowest BCUT2D eigenvalue weighted by atomic mass is 9.98. The summed E-state index contributed by atoms with van der Waals surface area (Å²) in [5.74, 6) is 6.53. The van der Waals surface area contributed by atoms with E-state index in [1.807, 2.05) is 59.4 Å². The van der Waals surface area contributed by atoms with E-state index >= 15 is 0 Å². The lowest BCUT2D eigenvalue weighted by molar-refractivity contribution is -0.132. The molecule has 2 fully saturated rings. The van der Waals surface area contributed by atoms with Crippen molar-refractivity contribution in [2.75, 3.05) is 12.4 Å². The Morgan fingerprint density at radius 2 is 1.96 bits per heavy atom. The van der Waals surface area contributed by atoms with Gasteiger partial charge in [-0.05, 0) is 67.0 Å². The van der Waals surface area contributed by atoms with Crippen LogP contribution in [0.5, 0.6) is 0 Å². The van der Waals surface area contributed by atoms with Crippen LogP contribution in [0.4, 0.5) is 5.82 Å². The van der Waals surface area contributed by atoms with Gasteiger partial charge in [0.2, 0.25) is 11.7 Å². The molecule has 14 nitrogen and oxygen atoms in total. The van der Waals surface area contributed by atoms with Crippen molar-refractivity contribution in [1.29, 1.82) is 0 Å². The third-order valence-electron chi connectivity index (χ3n) is 10.3. The van der Waals surface area contributed by atoms with Crippen molar-refractivity contribution in [3.8, 4) is 17.5 Å². The van der Waals surface area contributed by atoms with Crippen LogP contribution >= 0.6 is 23.1 Å². The molecule has 54 heavy (non-hydrogen) atoms. The summed E-state index contributed by atoms with van der Waals surface area (Å²) in [5, 5.41) is 39.1. The van der Waals surface area contributed by atoms with E-state index in [2.05, 4.69) is 37.8 Å². The summed E-state index contributed by atoms with van der Waals surface area (Å²) in [5.41, 5.74) is 3.62. The maximum absolute atomic E-state index is 12.8. The van der Waals surface area contributed by atoms with Crippen LogP contribution in [-0.4, -0.2) is 73.8 Å². The number of hydrogen-bond acceptors (Lipinski definition) is 11. The van der Waals surface area contributed by atoms with Gasteiger partial charge < -0.3 is 25.4 Å². The second kappa shape index (κ2) is 14.8. The minimum absolute atomic E-state index is 0.0386. The molecular weight excluding hydrogens is 728 g/mol. The van der Waals surface area contributed by atoms with E-state index < -0.39 is 23.7 Å². The zero-order valence-corrected chi connectivity index (χ0v) is 30.8. The fraction of sp³-hybridized carbons (Fsp3) is 0.342. The van der Waals surface area contributed by atoms with Crippen LogP contribution in [0.2, 0.25) is 5.02 Å². The summed E-state index contributed by atoms with van der Waals surface area (Å²) in [6, 6.07) is 16.3. The standard InChI is InChI=1S/C38H37ClN10O4S/c1-40-37(53)38-18-28(38)32(33(51)34(38)52)48-22-42-31-35(41-19-24-7-6-8-25(39)17-24)43-29(44-36(31)48)10-5-3-2-4-9-26-21-47(46-45-26)20-23-11-13-27(14-12-23)49-30(50)15-16-54-49/h6-8,11-17,21-22,28,32-34,51-52H,2-4,9,18-20H2,1H3,(H,40,53)(H,41,43,44)/t28?,32-,33+,34+,38-/m1/s1. The molecule has 0 spiro atoms. The van der Waals surface area contributed by atoms with Gasteiger partial charge >= 0.3 is 0 Å². The lowest BCUT2D eigenvalue weighted by Crippen LogP contribution is -2.41. The molecule has 5 atom stereocenters. The molecule has 2 saturated carbocycles. The highest BCUT2D eigenvalue weighted by Gasteiger charge is 2.75. The number of hydrogen-bond donors (Lipinski definition) is 4. The number of halogens is 1. The van der Waals surface area contributed by atoms with Gasteiger partial charge in [-0.3, -0.25) is 9.59 Å². The number of anilines is 1. The largest absolute Gasteiger partial charge is 0.389 e. The van der Waals surface area contributed by atoms with Crippen molar-refractivity contribution in [3.63, 3.8) is 0 Å². The number of fused-ring (bicyclic) bond motifs is 2. The maximum atomic E-state index is 12.8. The first-order chi connectivity index (χ1) is 26.2. The molecule has 4 N–H and O–H groups in total. The van der Waals surface area contributed by atoms with E-state index in [4.69, 9.17) is 21.6 Å². The molecule has 4 heterocycles. The number of aliphatic hydroxyl groups is 2. The van der Waals surface area contributed by atoms with Gasteiger partial charge in [0.1, 0.15) is 6.10 Å². The number of nitrogens with zero attached hydrogens (tertiary/aromatic N) is 8. The Balaban J connectivity index is 0.933. The number of aromatic nitrogens is 8. The number of aliphatic hydroxyl groups excluding tert-OH is 2. The Labute approximate surface area is 319 Å². The fourth-order valence-corrected chi connectivity index (χ4v) is 8.43. The molecule has 2 aromatic carbocycles. The highest BCUT2D eigenvalue weighted by molar-refractivity contribution is 7.04. The number of carbonyl (C=O) groups is 1. The third kappa shape index (κ3) is 6.77. The molecule has 0 bridgehead atoms. The van der Waals surface area contributed by atoms with Crippen molar-refractivity contribution < 1.29 is 15.0 Å². The Kier molecular flexibility index (Phi) is 9.76. The monoisotopic (exact) mass is 764 g/mol. The molecule has 0 aliphatic heterocycles. The molecule has 8 rings (SSSR count). The van der Waals surface area contributed by atoms with Crippen LogP contribution in [0.25, 0.3) is 16.9 Å². The summed E-state index contributed by atoms with van der Waals surface area (Å²) >= 11 is 7.58. The SMILES string of the molecule is CNC(=O)[C@]12CC1[C@@H](n1cnc3c(NCc4cccc(Cl)c4)nc(C#CCCCCc4cn(Cc5ccc(-n6sccc6=O)cc5)nn4)nc31)[C@H](O)[C@@H]2O. The minimum atomic E-state index is -1.21. The smallest absolute Gasteiger partial charge is 0.265 e. The Morgan fingerprint density at radius 3 is 2.74 bits per heavy atom. The van der Waals surface area contributed by atoms with E-state index in [1.165, 1.54) is 18.6 Å². The van der Waals surface area contributed by atoms with Gasteiger partial charge in [0, 0.05) is 48.6 Å². The molecule has 1 unspecified atom stereocenters. The zero-order chi connectivity index (χ0) is 37.4. The van der Waals surface area contributed by atoms with Crippen LogP contribution in [0.15, 0.2) is 77.3 Å². The first-order valence-corrected chi connectivity index (χ1v) is 18.9. The number of benzene rings is 2. The molecule has 0 saturated heterocycles. The second-order valence-electron chi connectivity index (χ2n) is 13.7. The van der Waals surface area contributed by atoms with Gasteiger partial charge in [-0.2, -0.15) is 0 Å². The molecule has 1 amide bonds. The number of rotatable bonds is 12. The summed E-state index contributed by atoms with van der Waals surface area (Å²) < 4.78 is 5.20. The van der Waals surface area contributed by atoms with Crippen LogP contribution < -0.4 is 16.2 Å². The molecule has 16 heteroatoms. The minimum Gasteiger partial charge on any atom is -0.389 e. The summed E-state index contributed by atoms with van der Waals surface area (Å²) in [6.07, 6.45) is 4.68.